The SMILES string of the molecule is C=C(CN(CC(=C)C(=O)OC(C)(C)C)c1ccc(CCCCCCCCCCCCCC)cc1)C(=O)OC(C)(C)C. The molecule has 5 nitrogen and oxygen atoms in total. The third-order valence-corrected chi connectivity index (χ3v) is 6.76. The number of hydrogen-bond donors (Lipinski definition) is 0. The van der Waals surface area contributed by atoms with E-state index in [0.29, 0.717) is 11.1 Å². The van der Waals surface area contributed by atoms with Crippen molar-refractivity contribution in [3.8, 4) is 0 Å². The van der Waals surface area contributed by atoms with Crippen LogP contribution in [0.15, 0.2) is 48.6 Å². The number of anilines is 1. The van der Waals surface area contributed by atoms with E-state index in [1.165, 1.54) is 82.6 Å². The van der Waals surface area contributed by atoms with E-state index >= 15 is 0 Å². The molecule has 1 aromatic carbocycles. The van der Waals surface area contributed by atoms with Gasteiger partial charge in [-0.3, -0.25) is 0 Å². The first-order chi connectivity index (χ1) is 19.2. The number of aryl methyl sites for hydroxylation is 1. The Labute approximate surface area is 251 Å². The Morgan fingerprint density at radius 1 is 0.634 bits per heavy atom. The Morgan fingerprint density at radius 2 is 1.00 bits per heavy atom. The number of benzene rings is 1. The van der Waals surface area contributed by atoms with Crippen molar-refractivity contribution in [1.29, 1.82) is 0 Å². The van der Waals surface area contributed by atoms with Crippen molar-refractivity contribution >= 4 is 17.6 Å². The third kappa shape index (κ3) is 17.8. The summed E-state index contributed by atoms with van der Waals surface area (Å²) in [5, 5.41) is 0. The molecule has 1 aromatic rings. The Kier molecular flexibility index (Phi) is 16.7. The normalized spacial score (nSPS) is 11.7. The van der Waals surface area contributed by atoms with Crippen LogP contribution in [0.3, 0.4) is 0 Å². The maximum atomic E-state index is 12.6. The van der Waals surface area contributed by atoms with Crippen LogP contribution < -0.4 is 4.90 Å². The summed E-state index contributed by atoms with van der Waals surface area (Å²) in [7, 11) is 0. The number of ether oxygens (including phenoxy) is 2. The van der Waals surface area contributed by atoms with Crippen LogP contribution in [0.25, 0.3) is 0 Å². The van der Waals surface area contributed by atoms with Crippen LogP contribution >= 0.6 is 0 Å². The summed E-state index contributed by atoms with van der Waals surface area (Å²) in [5.41, 5.74) is 1.59. The van der Waals surface area contributed by atoms with E-state index in [2.05, 4.69) is 32.2 Å². The van der Waals surface area contributed by atoms with E-state index in [1.807, 2.05) is 58.6 Å². The van der Waals surface area contributed by atoms with Gasteiger partial charge in [-0.15, -0.1) is 0 Å². The molecule has 0 atom stereocenters. The fraction of sp³-hybridized carbons (Fsp3) is 0.667. The van der Waals surface area contributed by atoms with Gasteiger partial charge in [-0.05, 0) is 72.1 Å². The average molecular weight is 570 g/mol. The predicted octanol–water partition coefficient (Wildman–Crippen LogP) is 9.53. The summed E-state index contributed by atoms with van der Waals surface area (Å²) in [6, 6.07) is 8.35. The lowest BCUT2D eigenvalue weighted by Crippen LogP contribution is -2.35. The Hall–Kier alpha value is -2.56. The highest BCUT2D eigenvalue weighted by molar-refractivity contribution is 5.91. The Morgan fingerprint density at radius 3 is 1.37 bits per heavy atom. The first-order valence-corrected chi connectivity index (χ1v) is 15.9. The minimum atomic E-state index is -0.611. The molecule has 0 N–H and O–H groups in total. The van der Waals surface area contributed by atoms with E-state index < -0.39 is 23.1 Å². The molecule has 1 rings (SSSR count). The van der Waals surface area contributed by atoms with Crippen molar-refractivity contribution in [2.75, 3.05) is 18.0 Å². The van der Waals surface area contributed by atoms with Crippen molar-refractivity contribution in [2.24, 2.45) is 0 Å². The van der Waals surface area contributed by atoms with Crippen LogP contribution in [-0.2, 0) is 25.5 Å². The molecular formula is C36H59NO4. The monoisotopic (exact) mass is 569 g/mol. The minimum Gasteiger partial charge on any atom is -0.457 e. The fourth-order valence-electron chi connectivity index (χ4n) is 4.57. The molecule has 0 aromatic heterocycles. The summed E-state index contributed by atoms with van der Waals surface area (Å²) in [6.45, 7) is 21.6. The Balaban J connectivity index is 2.64. The molecule has 0 fully saturated rings. The van der Waals surface area contributed by atoms with Gasteiger partial charge in [0.2, 0.25) is 0 Å². The molecule has 0 saturated heterocycles. The molecule has 0 heterocycles. The molecule has 0 radical (unpaired) electrons. The summed E-state index contributed by atoms with van der Waals surface area (Å²) in [6.07, 6.45) is 17.2. The molecule has 0 saturated carbocycles. The number of esters is 2. The number of rotatable bonds is 20. The smallest absolute Gasteiger partial charge is 0.335 e. The van der Waals surface area contributed by atoms with Crippen molar-refractivity contribution in [3.05, 3.63) is 54.1 Å². The van der Waals surface area contributed by atoms with Gasteiger partial charge in [0.05, 0.1) is 0 Å². The Bertz CT molecular complexity index is 892. The lowest BCUT2D eigenvalue weighted by molar-refractivity contribution is -0.150. The largest absolute Gasteiger partial charge is 0.457 e. The van der Waals surface area contributed by atoms with E-state index in [1.54, 1.807) is 0 Å². The first kappa shape index (κ1) is 36.5. The van der Waals surface area contributed by atoms with Crippen molar-refractivity contribution in [3.63, 3.8) is 0 Å². The van der Waals surface area contributed by atoms with Gasteiger partial charge >= 0.3 is 11.9 Å². The topological polar surface area (TPSA) is 55.8 Å². The zero-order valence-electron chi connectivity index (χ0n) is 27.4. The van der Waals surface area contributed by atoms with E-state index in [0.717, 1.165) is 12.1 Å². The molecule has 41 heavy (non-hydrogen) atoms. The summed E-state index contributed by atoms with van der Waals surface area (Å²) in [4.78, 5) is 27.2. The second-order valence-electron chi connectivity index (χ2n) is 13.4. The molecule has 0 spiro atoms. The number of carbonyl (C=O) groups excluding carboxylic acids is 2. The highest BCUT2D eigenvalue weighted by atomic mass is 16.6. The molecule has 0 aliphatic rings. The van der Waals surface area contributed by atoms with Crippen LogP contribution in [0, 0.1) is 0 Å². The standard InChI is InChI=1S/C36H59NO4/c1-10-11-12-13-14-15-16-17-18-19-20-21-22-31-23-25-32(26-24-31)37(27-29(2)33(38)40-35(4,5)6)28-30(3)34(39)41-36(7,8)9/h23-26H,2-3,10-22,27-28H2,1,4-9H3. The van der Waals surface area contributed by atoms with Crippen LogP contribution in [0.2, 0.25) is 0 Å². The highest BCUT2D eigenvalue weighted by Gasteiger charge is 2.24. The third-order valence-electron chi connectivity index (χ3n) is 6.76. The predicted molar refractivity (Wildman–Crippen MR) is 173 cm³/mol. The van der Waals surface area contributed by atoms with Crippen molar-refractivity contribution in [2.45, 2.75) is 143 Å². The molecule has 0 amide bonds. The van der Waals surface area contributed by atoms with Crippen LogP contribution in [-0.4, -0.2) is 36.2 Å². The highest BCUT2D eigenvalue weighted by Crippen LogP contribution is 2.22. The molecule has 0 aliphatic carbocycles. The van der Waals surface area contributed by atoms with Gasteiger partial charge in [0, 0.05) is 29.9 Å². The molecule has 0 aliphatic heterocycles. The quantitative estimate of drug-likeness (QED) is 0.0889. The lowest BCUT2D eigenvalue weighted by atomic mass is 10.0. The molecule has 0 bridgehead atoms. The summed E-state index contributed by atoms with van der Waals surface area (Å²) in [5.74, 6) is -0.900. The van der Waals surface area contributed by atoms with Gasteiger partial charge in [0.1, 0.15) is 11.2 Å². The van der Waals surface area contributed by atoms with Gasteiger partial charge in [-0.2, -0.15) is 0 Å². The van der Waals surface area contributed by atoms with Crippen LogP contribution in [0.4, 0.5) is 5.69 Å². The summed E-state index contributed by atoms with van der Waals surface area (Å²) < 4.78 is 11.0. The molecule has 0 unspecified atom stereocenters. The minimum absolute atomic E-state index is 0.217. The van der Waals surface area contributed by atoms with Gasteiger partial charge in [0.15, 0.2) is 0 Å². The van der Waals surface area contributed by atoms with Gasteiger partial charge < -0.3 is 14.4 Å². The number of nitrogens with zero attached hydrogens (tertiary/aromatic N) is 1. The maximum absolute atomic E-state index is 12.6. The average Bonchev–Trinajstić information content (AvgIpc) is 2.87. The van der Waals surface area contributed by atoms with E-state index in [-0.39, 0.29) is 13.1 Å². The van der Waals surface area contributed by atoms with Crippen molar-refractivity contribution < 1.29 is 19.1 Å². The van der Waals surface area contributed by atoms with E-state index in [9.17, 15) is 9.59 Å². The molecular weight excluding hydrogens is 510 g/mol. The second kappa shape index (κ2) is 18.8. The van der Waals surface area contributed by atoms with Crippen LogP contribution in [0.1, 0.15) is 131 Å². The number of hydrogen-bond acceptors (Lipinski definition) is 5. The van der Waals surface area contributed by atoms with Crippen LogP contribution in [0.5, 0.6) is 0 Å². The molecule has 232 valence electrons. The zero-order valence-corrected chi connectivity index (χ0v) is 27.4. The van der Waals surface area contributed by atoms with E-state index in [4.69, 9.17) is 9.47 Å². The zero-order chi connectivity index (χ0) is 30.9. The fourth-order valence-corrected chi connectivity index (χ4v) is 4.57. The first-order valence-electron chi connectivity index (χ1n) is 15.9. The number of carbonyl (C=O) groups is 2. The summed E-state index contributed by atoms with van der Waals surface area (Å²) >= 11 is 0. The van der Waals surface area contributed by atoms with Gasteiger partial charge in [0.25, 0.3) is 0 Å². The van der Waals surface area contributed by atoms with Gasteiger partial charge in [-0.1, -0.05) is 103 Å². The maximum Gasteiger partial charge on any atom is 0.335 e. The molecule has 5 heteroatoms. The second-order valence-corrected chi connectivity index (χ2v) is 13.4. The van der Waals surface area contributed by atoms with Gasteiger partial charge in [-0.25, -0.2) is 9.59 Å². The number of unbranched alkanes of at least 4 members (excludes halogenated alkanes) is 11. The lowest BCUT2D eigenvalue weighted by Gasteiger charge is -2.28. The van der Waals surface area contributed by atoms with Crippen molar-refractivity contribution in [1.82, 2.24) is 0 Å².